The van der Waals surface area contributed by atoms with Crippen molar-refractivity contribution in [3.8, 4) is 5.75 Å². The molecule has 4 heteroatoms. The number of aliphatic hydroxyl groups excluding tert-OH is 1. The van der Waals surface area contributed by atoms with Gasteiger partial charge < -0.3 is 15.2 Å². The smallest absolute Gasteiger partial charge is 0.219 e. The molecule has 0 spiro atoms. The number of amides is 1. The van der Waals surface area contributed by atoms with Gasteiger partial charge in [0.25, 0.3) is 0 Å². The second-order valence-corrected chi connectivity index (χ2v) is 14.2. The van der Waals surface area contributed by atoms with Crippen LogP contribution in [0, 0.1) is 23.2 Å². The first-order chi connectivity index (χ1) is 21.5. The average molecular weight is 600 g/mol. The van der Waals surface area contributed by atoms with Crippen molar-refractivity contribution in [3.63, 3.8) is 0 Å². The topological polar surface area (TPSA) is 58.6 Å². The molecule has 3 aliphatic carbocycles. The van der Waals surface area contributed by atoms with Crippen LogP contribution in [0.4, 0.5) is 0 Å². The maximum atomic E-state index is 11.9. The number of carbonyl (C=O) groups excluding carboxylic acids is 1. The Labute approximate surface area is 267 Å². The number of hydrogen-bond donors (Lipinski definition) is 2. The largest absolute Gasteiger partial charge is 0.489 e. The summed E-state index contributed by atoms with van der Waals surface area (Å²) in [5.74, 6) is 3.50. The predicted octanol–water partition coefficient (Wildman–Crippen LogP) is 9.30. The molecular weight excluding hydrogens is 542 g/mol. The molecule has 1 amide bonds. The lowest BCUT2D eigenvalue weighted by Gasteiger charge is -2.52. The van der Waals surface area contributed by atoms with Crippen LogP contribution in [0.15, 0.2) is 60.7 Å². The molecule has 44 heavy (non-hydrogen) atoms. The van der Waals surface area contributed by atoms with Crippen molar-refractivity contribution in [2.75, 3.05) is 6.54 Å². The van der Waals surface area contributed by atoms with Crippen LogP contribution in [0.5, 0.6) is 5.75 Å². The monoisotopic (exact) mass is 599 g/mol. The molecule has 2 aromatic carbocycles. The van der Waals surface area contributed by atoms with Crippen molar-refractivity contribution in [3.05, 3.63) is 77.4 Å². The van der Waals surface area contributed by atoms with Gasteiger partial charge in [-0.15, -0.1) is 0 Å². The third-order valence-corrected chi connectivity index (χ3v) is 11.3. The van der Waals surface area contributed by atoms with Crippen molar-refractivity contribution in [1.82, 2.24) is 5.32 Å². The summed E-state index contributed by atoms with van der Waals surface area (Å²) in [6.07, 6.45) is 21.5. The number of ether oxygens (including phenoxy) is 1. The number of unbranched alkanes of at least 4 members (excludes halogenated alkanes) is 7. The van der Waals surface area contributed by atoms with E-state index in [1.165, 1.54) is 48.8 Å². The number of carbonyl (C=O) groups is 1. The molecule has 0 unspecified atom stereocenters. The molecule has 0 heterocycles. The molecule has 2 saturated carbocycles. The fourth-order valence-corrected chi connectivity index (χ4v) is 8.71. The minimum absolute atomic E-state index is 0.0679. The summed E-state index contributed by atoms with van der Waals surface area (Å²) in [4.78, 5) is 11.9. The van der Waals surface area contributed by atoms with Crippen molar-refractivity contribution in [1.29, 1.82) is 0 Å². The van der Waals surface area contributed by atoms with E-state index in [9.17, 15) is 9.90 Å². The Morgan fingerprint density at radius 2 is 1.82 bits per heavy atom. The number of fused-ring (bicyclic) bond motifs is 5. The number of benzene rings is 2. The molecule has 0 aliphatic heterocycles. The van der Waals surface area contributed by atoms with E-state index in [1.807, 2.05) is 6.07 Å². The fourth-order valence-electron chi connectivity index (χ4n) is 8.71. The van der Waals surface area contributed by atoms with Crippen LogP contribution in [-0.4, -0.2) is 23.7 Å². The number of aliphatic hydroxyl groups is 1. The normalized spacial score (nSPS) is 27.5. The molecule has 6 atom stereocenters. The summed E-state index contributed by atoms with van der Waals surface area (Å²) in [5.41, 5.74) is 4.26. The van der Waals surface area contributed by atoms with Gasteiger partial charge in [0, 0.05) is 13.0 Å². The zero-order valence-corrected chi connectivity index (χ0v) is 27.4. The lowest BCUT2D eigenvalue weighted by atomic mass is 9.52. The van der Waals surface area contributed by atoms with E-state index in [4.69, 9.17) is 4.74 Å². The molecule has 3 aliphatic rings. The van der Waals surface area contributed by atoms with Crippen LogP contribution >= 0.6 is 0 Å². The maximum Gasteiger partial charge on any atom is 0.219 e. The zero-order chi connectivity index (χ0) is 30.8. The first kappa shape index (κ1) is 32.8. The molecule has 240 valence electrons. The van der Waals surface area contributed by atoms with Gasteiger partial charge in [0.15, 0.2) is 0 Å². The van der Waals surface area contributed by atoms with Crippen molar-refractivity contribution in [2.45, 2.75) is 129 Å². The van der Waals surface area contributed by atoms with Crippen LogP contribution in [0.25, 0.3) is 0 Å². The van der Waals surface area contributed by atoms with Crippen molar-refractivity contribution in [2.24, 2.45) is 23.2 Å². The molecule has 5 rings (SSSR count). The van der Waals surface area contributed by atoms with Gasteiger partial charge >= 0.3 is 0 Å². The Morgan fingerprint density at radius 3 is 2.66 bits per heavy atom. The second kappa shape index (κ2) is 16.1. The quantitative estimate of drug-likeness (QED) is 0.149. The van der Waals surface area contributed by atoms with Crippen LogP contribution in [0.1, 0.15) is 126 Å². The van der Waals surface area contributed by atoms with Gasteiger partial charge in [-0.2, -0.15) is 0 Å². The Balaban J connectivity index is 1.14. The number of rotatable bonds is 16. The molecule has 4 nitrogen and oxygen atoms in total. The minimum atomic E-state index is -0.150. The highest BCUT2D eigenvalue weighted by molar-refractivity contribution is 5.75. The number of allylic oxidation sites excluding steroid dienone is 2. The summed E-state index contributed by atoms with van der Waals surface area (Å²) >= 11 is 0. The van der Waals surface area contributed by atoms with Gasteiger partial charge in [0.05, 0.1) is 6.10 Å². The molecule has 0 saturated heterocycles. The van der Waals surface area contributed by atoms with Gasteiger partial charge in [0.2, 0.25) is 5.91 Å². The Hall–Kier alpha value is -2.59. The predicted molar refractivity (Wildman–Crippen MR) is 181 cm³/mol. The Bertz CT molecular complexity index is 1210. The van der Waals surface area contributed by atoms with Crippen LogP contribution in [0.2, 0.25) is 0 Å². The zero-order valence-electron chi connectivity index (χ0n) is 27.4. The minimum Gasteiger partial charge on any atom is -0.489 e. The number of nitrogens with one attached hydrogen (secondary N) is 1. The third kappa shape index (κ3) is 8.16. The average Bonchev–Trinajstić information content (AvgIpc) is 3.34. The van der Waals surface area contributed by atoms with Crippen LogP contribution < -0.4 is 10.1 Å². The van der Waals surface area contributed by atoms with Gasteiger partial charge in [0.1, 0.15) is 12.4 Å². The van der Waals surface area contributed by atoms with E-state index in [0.29, 0.717) is 36.7 Å². The highest BCUT2D eigenvalue weighted by atomic mass is 16.5. The summed E-state index contributed by atoms with van der Waals surface area (Å²) in [6, 6.07) is 17.3. The number of hydrogen-bond acceptors (Lipinski definition) is 3. The van der Waals surface area contributed by atoms with Gasteiger partial charge in [-0.25, -0.2) is 0 Å². The standard InChI is InChI=1S/C40H57NO3/c1-3-4-11-19-38(43)41-26-15-9-7-5-6-8-14-18-31-27-32-28-33(44-29-30-16-12-10-13-17-30)20-21-34(32)35-24-25-40(2)36(39(31)35)22-23-37(40)42/h10,12-14,16-18,20-21,28,31,35-37,39,42H,3-9,11,15,19,22-27,29H2,1-2H3,(H,41,43)/b18-14+/t31-,35-,36+,37+,39-,40+/m1/s1. The maximum absolute atomic E-state index is 11.9. The lowest BCUT2D eigenvalue weighted by molar-refractivity contribution is -0.121. The first-order valence-corrected chi connectivity index (χ1v) is 17.9. The van der Waals surface area contributed by atoms with E-state index in [2.05, 4.69) is 73.8 Å². The highest BCUT2D eigenvalue weighted by Crippen LogP contribution is 2.62. The SMILES string of the molecule is CCCCCC(=O)NCCCCCCC/C=C/[C@@H]1Cc2cc(OCc3ccccc3)ccc2[C@H]2CC[C@]3(C)[C@@H](O)CC[C@H]3[C@H]12. The van der Waals surface area contributed by atoms with Gasteiger partial charge in [-0.1, -0.05) is 94.5 Å². The summed E-state index contributed by atoms with van der Waals surface area (Å²) in [6.45, 7) is 5.97. The van der Waals surface area contributed by atoms with E-state index in [0.717, 1.165) is 70.1 Å². The lowest BCUT2D eigenvalue weighted by Crippen LogP contribution is -2.46. The first-order valence-electron chi connectivity index (χ1n) is 17.9. The molecule has 0 radical (unpaired) electrons. The van der Waals surface area contributed by atoms with E-state index < -0.39 is 0 Å². The van der Waals surface area contributed by atoms with Gasteiger partial charge in [-0.05, 0) is 116 Å². The van der Waals surface area contributed by atoms with Crippen LogP contribution in [0.3, 0.4) is 0 Å². The molecule has 0 aromatic heterocycles. The van der Waals surface area contributed by atoms with Crippen molar-refractivity contribution < 1.29 is 14.6 Å². The molecule has 2 N–H and O–H groups in total. The van der Waals surface area contributed by atoms with E-state index in [-0.39, 0.29) is 17.4 Å². The molecule has 2 fully saturated rings. The van der Waals surface area contributed by atoms with E-state index >= 15 is 0 Å². The Kier molecular flexibility index (Phi) is 12.0. The second-order valence-electron chi connectivity index (χ2n) is 14.2. The molecule has 0 bridgehead atoms. The van der Waals surface area contributed by atoms with E-state index in [1.54, 1.807) is 0 Å². The fraction of sp³-hybridized carbons (Fsp3) is 0.625. The highest BCUT2D eigenvalue weighted by Gasteiger charge is 2.56. The molecule has 2 aromatic rings. The van der Waals surface area contributed by atoms with Crippen LogP contribution in [-0.2, 0) is 17.8 Å². The summed E-state index contributed by atoms with van der Waals surface area (Å²) < 4.78 is 6.25. The summed E-state index contributed by atoms with van der Waals surface area (Å²) in [7, 11) is 0. The Morgan fingerprint density at radius 1 is 1.00 bits per heavy atom. The van der Waals surface area contributed by atoms with Gasteiger partial charge in [-0.3, -0.25) is 4.79 Å². The molecular formula is C40H57NO3. The third-order valence-electron chi connectivity index (χ3n) is 11.3. The van der Waals surface area contributed by atoms with Crippen molar-refractivity contribution >= 4 is 5.91 Å². The summed E-state index contributed by atoms with van der Waals surface area (Å²) in [5, 5.41) is 14.1.